The summed E-state index contributed by atoms with van der Waals surface area (Å²) in [6, 6.07) is 6.67. The molecule has 0 saturated carbocycles. The van der Waals surface area contributed by atoms with Crippen molar-refractivity contribution >= 4 is 11.6 Å². The lowest BCUT2D eigenvalue weighted by Crippen LogP contribution is -2.43. The van der Waals surface area contributed by atoms with Crippen LogP contribution < -0.4 is 5.73 Å². The van der Waals surface area contributed by atoms with Crippen LogP contribution in [0.2, 0.25) is 0 Å². The van der Waals surface area contributed by atoms with Crippen molar-refractivity contribution in [3.05, 3.63) is 29.8 Å². The van der Waals surface area contributed by atoms with Gasteiger partial charge in [-0.25, -0.2) is 0 Å². The number of morpholine rings is 1. The predicted molar refractivity (Wildman–Crippen MR) is 63.2 cm³/mol. The first-order valence-corrected chi connectivity index (χ1v) is 5.58. The Labute approximate surface area is 99.8 Å². The van der Waals surface area contributed by atoms with Gasteiger partial charge in [0.1, 0.15) is 0 Å². The number of hydrogen-bond acceptors (Lipinski definition) is 4. The molecule has 1 heterocycles. The van der Waals surface area contributed by atoms with Gasteiger partial charge in [-0.15, -0.1) is 0 Å². The molecule has 1 atom stereocenters. The summed E-state index contributed by atoms with van der Waals surface area (Å²) in [4.78, 5) is 13.6. The van der Waals surface area contributed by atoms with Gasteiger partial charge in [0.05, 0.1) is 13.2 Å². The van der Waals surface area contributed by atoms with E-state index >= 15 is 0 Å². The summed E-state index contributed by atoms with van der Waals surface area (Å²) in [7, 11) is 0. The van der Waals surface area contributed by atoms with Gasteiger partial charge in [0.25, 0.3) is 5.91 Å². The van der Waals surface area contributed by atoms with Crippen LogP contribution in [0.15, 0.2) is 24.3 Å². The van der Waals surface area contributed by atoms with E-state index in [-0.39, 0.29) is 5.91 Å². The van der Waals surface area contributed by atoms with Crippen LogP contribution in [-0.4, -0.2) is 42.2 Å². The minimum atomic E-state index is -1.12. The number of rotatable bonds is 2. The molecular weight excluding hydrogens is 220 g/mol. The van der Waals surface area contributed by atoms with Gasteiger partial charge in [0.15, 0.2) is 6.10 Å². The topological polar surface area (TPSA) is 75.8 Å². The molecule has 92 valence electrons. The predicted octanol–water partition coefficient (Wildman–Crippen LogP) is 0.161. The monoisotopic (exact) mass is 236 g/mol. The molecule has 1 unspecified atom stereocenters. The third-order valence-electron chi connectivity index (χ3n) is 2.81. The molecule has 1 amide bonds. The van der Waals surface area contributed by atoms with Crippen molar-refractivity contribution in [2.45, 2.75) is 6.10 Å². The zero-order chi connectivity index (χ0) is 12.3. The fraction of sp³-hybridized carbons (Fsp3) is 0.417. The van der Waals surface area contributed by atoms with Crippen LogP contribution in [0.4, 0.5) is 5.69 Å². The third-order valence-corrected chi connectivity index (χ3v) is 2.81. The number of nitrogen functional groups attached to an aromatic ring is 1. The Balaban J connectivity index is 2.05. The summed E-state index contributed by atoms with van der Waals surface area (Å²) in [5.41, 5.74) is 6.73. The molecular formula is C12H16N2O3. The summed E-state index contributed by atoms with van der Waals surface area (Å²) >= 11 is 0. The van der Waals surface area contributed by atoms with Crippen LogP contribution in [0.1, 0.15) is 11.7 Å². The molecule has 0 aromatic heterocycles. The fourth-order valence-corrected chi connectivity index (χ4v) is 1.78. The SMILES string of the molecule is Nc1ccc(C(O)C(=O)N2CCOCC2)cc1. The number of carbonyl (C=O) groups is 1. The molecule has 0 spiro atoms. The highest BCUT2D eigenvalue weighted by atomic mass is 16.5. The Hall–Kier alpha value is -1.59. The van der Waals surface area contributed by atoms with E-state index in [2.05, 4.69) is 0 Å². The number of amides is 1. The average Bonchev–Trinajstić information content (AvgIpc) is 2.39. The van der Waals surface area contributed by atoms with E-state index in [1.54, 1.807) is 29.2 Å². The maximum atomic E-state index is 12.0. The minimum Gasteiger partial charge on any atom is -0.399 e. The van der Waals surface area contributed by atoms with Crippen molar-refractivity contribution in [1.82, 2.24) is 4.90 Å². The first-order valence-electron chi connectivity index (χ1n) is 5.58. The Morgan fingerprint density at radius 2 is 1.88 bits per heavy atom. The first-order chi connectivity index (χ1) is 8.18. The number of ether oxygens (including phenoxy) is 1. The van der Waals surface area contributed by atoms with Crippen molar-refractivity contribution in [2.24, 2.45) is 0 Å². The van der Waals surface area contributed by atoms with Crippen LogP contribution in [0.25, 0.3) is 0 Å². The summed E-state index contributed by atoms with van der Waals surface area (Å²) in [5, 5.41) is 9.96. The summed E-state index contributed by atoms with van der Waals surface area (Å²) in [6.07, 6.45) is -1.12. The third kappa shape index (κ3) is 2.75. The number of aliphatic hydroxyl groups is 1. The maximum absolute atomic E-state index is 12.0. The van der Waals surface area contributed by atoms with E-state index in [9.17, 15) is 9.90 Å². The van der Waals surface area contributed by atoms with Crippen LogP contribution in [0, 0.1) is 0 Å². The van der Waals surface area contributed by atoms with Gasteiger partial charge < -0.3 is 20.5 Å². The lowest BCUT2D eigenvalue weighted by atomic mass is 10.1. The van der Waals surface area contributed by atoms with Crippen LogP contribution in [0.5, 0.6) is 0 Å². The number of carbonyl (C=O) groups excluding carboxylic acids is 1. The maximum Gasteiger partial charge on any atom is 0.256 e. The largest absolute Gasteiger partial charge is 0.399 e. The van der Waals surface area contributed by atoms with Crippen LogP contribution >= 0.6 is 0 Å². The summed E-state index contributed by atoms with van der Waals surface area (Å²) in [6.45, 7) is 2.12. The molecule has 0 bridgehead atoms. The van der Waals surface area contributed by atoms with Crippen molar-refractivity contribution in [3.63, 3.8) is 0 Å². The molecule has 1 fully saturated rings. The quantitative estimate of drug-likeness (QED) is 0.717. The molecule has 1 aliphatic heterocycles. The molecule has 3 N–H and O–H groups in total. The van der Waals surface area contributed by atoms with Gasteiger partial charge in [-0.05, 0) is 17.7 Å². The van der Waals surface area contributed by atoms with Gasteiger partial charge in [-0.3, -0.25) is 4.79 Å². The Morgan fingerprint density at radius 3 is 2.47 bits per heavy atom. The van der Waals surface area contributed by atoms with Crippen LogP contribution in [0.3, 0.4) is 0 Å². The number of nitrogens with zero attached hydrogens (tertiary/aromatic N) is 1. The zero-order valence-electron chi connectivity index (χ0n) is 9.50. The Morgan fingerprint density at radius 1 is 1.29 bits per heavy atom. The highest BCUT2D eigenvalue weighted by Gasteiger charge is 2.24. The highest BCUT2D eigenvalue weighted by Crippen LogP contribution is 2.17. The van der Waals surface area contributed by atoms with Crippen molar-refractivity contribution in [2.75, 3.05) is 32.0 Å². The van der Waals surface area contributed by atoms with E-state index < -0.39 is 6.10 Å². The second-order valence-electron chi connectivity index (χ2n) is 4.01. The molecule has 1 aliphatic rings. The van der Waals surface area contributed by atoms with E-state index in [4.69, 9.17) is 10.5 Å². The molecule has 5 nitrogen and oxygen atoms in total. The zero-order valence-corrected chi connectivity index (χ0v) is 9.50. The fourth-order valence-electron chi connectivity index (χ4n) is 1.78. The van der Waals surface area contributed by atoms with Gasteiger partial charge in [-0.1, -0.05) is 12.1 Å². The van der Waals surface area contributed by atoms with Gasteiger partial charge in [-0.2, -0.15) is 0 Å². The van der Waals surface area contributed by atoms with Crippen molar-refractivity contribution < 1.29 is 14.6 Å². The lowest BCUT2D eigenvalue weighted by molar-refractivity contribution is -0.144. The van der Waals surface area contributed by atoms with Crippen molar-refractivity contribution in [3.8, 4) is 0 Å². The Kier molecular flexibility index (Phi) is 3.61. The molecule has 0 aliphatic carbocycles. The number of benzene rings is 1. The van der Waals surface area contributed by atoms with Gasteiger partial charge in [0, 0.05) is 18.8 Å². The number of nitrogens with two attached hydrogens (primary N) is 1. The summed E-state index contributed by atoms with van der Waals surface area (Å²) < 4.78 is 5.16. The van der Waals surface area contributed by atoms with Crippen molar-refractivity contribution in [1.29, 1.82) is 0 Å². The minimum absolute atomic E-state index is 0.280. The smallest absolute Gasteiger partial charge is 0.256 e. The molecule has 17 heavy (non-hydrogen) atoms. The molecule has 1 aromatic rings. The first kappa shape index (κ1) is 11.9. The van der Waals surface area contributed by atoms with E-state index in [1.807, 2.05) is 0 Å². The second kappa shape index (κ2) is 5.16. The normalized spacial score (nSPS) is 17.8. The standard InChI is InChI=1S/C12H16N2O3/c13-10-3-1-9(2-4-10)11(15)12(16)14-5-7-17-8-6-14/h1-4,11,15H,5-8,13H2. The second-order valence-corrected chi connectivity index (χ2v) is 4.01. The van der Waals surface area contributed by atoms with E-state index in [0.29, 0.717) is 37.6 Å². The van der Waals surface area contributed by atoms with E-state index in [0.717, 1.165) is 0 Å². The molecule has 5 heteroatoms. The number of anilines is 1. The van der Waals surface area contributed by atoms with E-state index in [1.165, 1.54) is 0 Å². The van der Waals surface area contributed by atoms with Gasteiger partial charge in [0.2, 0.25) is 0 Å². The number of aliphatic hydroxyl groups excluding tert-OH is 1. The average molecular weight is 236 g/mol. The molecule has 2 rings (SSSR count). The molecule has 1 aromatic carbocycles. The van der Waals surface area contributed by atoms with Crippen LogP contribution in [-0.2, 0) is 9.53 Å². The molecule has 0 radical (unpaired) electrons. The summed E-state index contributed by atoms with van der Waals surface area (Å²) in [5.74, 6) is -0.280. The number of hydrogen-bond donors (Lipinski definition) is 2. The Bertz CT molecular complexity index is 385. The molecule has 1 saturated heterocycles. The lowest BCUT2D eigenvalue weighted by Gasteiger charge is -2.28. The van der Waals surface area contributed by atoms with Gasteiger partial charge >= 0.3 is 0 Å². The highest BCUT2D eigenvalue weighted by molar-refractivity contribution is 5.82.